The Labute approximate surface area is 169 Å². The fourth-order valence-electron chi connectivity index (χ4n) is 3.24. The van der Waals surface area contributed by atoms with Gasteiger partial charge in [0.1, 0.15) is 23.1 Å². The van der Waals surface area contributed by atoms with E-state index in [2.05, 4.69) is 32.5 Å². The molecule has 2 aromatic heterocycles. The quantitative estimate of drug-likeness (QED) is 0.512. The van der Waals surface area contributed by atoms with Gasteiger partial charge < -0.3 is 14.8 Å². The third-order valence-electron chi connectivity index (χ3n) is 4.72. The topological polar surface area (TPSA) is 74.1 Å². The van der Waals surface area contributed by atoms with Gasteiger partial charge in [0.2, 0.25) is 0 Å². The number of nitrogens with zero attached hydrogens (tertiary/aromatic N) is 4. The molecule has 0 amide bonds. The van der Waals surface area contributed by atoms with Gasteiger partial charge in [0.05, 0.1) is 31.5 Å². The lowest BCUT2D eigenvalue weighted by Crippen LogP contribution is -2.06. The highest BCUT2D eigenvalue weighted by atomic mass is 16.5. The minimum absolute atomic E-state index is 0.670. The fraction of sp³-hybridized carbons (Fsp3) is 0.227. The average Bonchev–Trinajstić information content (AvgIpc) is 3.15. The van der Waals surface area contributed by atoms with Gasteiger partial charge in [-0.3, -0.25) is 0 Å². The third kappa shape index (κ3) is 3.99. The summed E-state index contributed by atoms with van der Waals surface area (Å²) < 4.78 is 12.7. The van der Waals surface area contributed by atoms with E-state index in [1.165, 1.54) is 5.56 Å². The molecule has 29 heavy (non-hydrogen) atoms. The Morgan fingerprint density at radius 2 is 1.83 bits per heavy atom. The predicted molar refractivity (Wildman–Crippen MR) is 113 cm³/mol. The molecular weight excluding hydrogens is 366 g/mol. The lowest BCUT2D eigenvalue weighted by atomic mass is 10.1. The molecule has 0 aliphatic heterocycles. The van der Waals surface area contributed by atoms with Crippen molar-refractivity contribution in [1.29, 1.82) is 0 Å². The zero-order valence-electron chi connectivity index (χ0n) is 16.7. The van der Waals surface area contributed by atoms with Crippen molar-refractivity contribution < 1.29 is 9.47 Å². The number of aryl methyl sites for hydroxylation is 3. The van der Waals surface area contributed by atoms with Gasteiger partial charge in [0.25, 0.3) is 0 Å². The molecule has 148 valence electrons. The SMILES string of the molecule is COc1ccc(OC)c(Nc2nc(C)nc3c2cnn3CCc2ccccc2)c1. The number of hydrogen-bond donors (Lipinski definition) is 1. The zero-order chi connectivity index (χ0) is 20.2. The van der Waals surface area contributed by atoms with E-state index in [9.17, 15) is 0 Å². The number of ether oxygens (including phenoxy) is 2. The van der Waals surface area contributed by atoms with E-state index >= 15 is 0 Å². The molecule has 0 fully saturated rings. The highest BCUT2D eigenvalue weighted by molar-refractivity contribution is 5.89. The molecule has 0 atom stereocenters. The first kappa shape index (κ1) is 18.7. The van der Waals surface area contributed by atoms with E-state index in [1.807, 2.05) is 48.0 Å². The van der Waals surface area contributed by atoms with E-state index in [0.29, 0.717) is 17.4 Å². The Balaban J connectivity index is 1.67. The second kappa shape index (κ2) is 8.18. The summed E-state index contributed by atoms with van der Waals surface area (Å²) in [6.07, 6.45) is 2.68. The van der Waals surface area contributed by atoms with Crippen molar-refractivity contribution in [3.05, 3.63) is 66.1 Å². The van der Waals surface area contributed by atoms with E-state index in [0.717, 1.165) is 35.4 Å². The van der Waals surface area contributed by atoms with Crippen molar-refractivity contribution in [2.24, 2.45) is 0 Å². The van der Waals surface area contributed by atoms with Crippen molar-refractivity contribution in [2.75, 3.05) is 19.5 Å². The molecule has 0 aliphatic carbocycles. The Bertz CT molecular complexity index is 1120. The summed E-state index contributed by atoms with van der Waals surface area (Å²) in [6.45, 7) is 2.62. The smallest absolute Gasteiger partial charge is 0.163 e. The van der Waals surface area contributed by atoms with Crippen LogP contribution in [0.15, 0.2) is 54.7 Å². The molecule has 0 unspecified atom stereocenters. The molecule has 0 radical (unpaired) electrons. The van der Waals surface area contributed by atoms with Crippen LogP contribution in [0, 0.1) is 6.92 Å². The first-order chi connectivity index (χ1) is 14.2. The molecule has 2 heterocycles. The zero-order valence-corrected chi connectivity index (χ0v) is 16.7. The molecule has 2 aromatic carbocycles. The summed E-state index contributed by atoms with van der Waals surface area (Å²) in [4.78, 5) is 9.21. The third-order valence-corrected chi connectivity index (χ3v) is 4.72. The number of benzene rings is 2. The van der Waals surface area contributed by atoms with Crippen LogP contribution in [0.4, 0.5) is 11.5 Å². The van der Waals surface area contributed by atoms with E-state index < -0.39 is 0 Å². The minimum atomic E-state index is 0.670. The van der Waals surface area contributed by atoms with Crippen molar-refractivity contribution >= 4 is 22.5 Å². The number of anilines is 2. The molecule has 0 saturated carbocycles. The van der Waals surface area contributed by atoms with Gasteiger partial charge in [-0.2, -0.15) is 5.10 Å². The summed E-state index contributed by atoms with van der Waals surface area (Å²) in [7, 11) is 3.27. The van der Waals surface area contributed by atoms with Crippen LogP contribution in [-0.4, -0.2) is 34.0 Å². The van der Waals surface area contributed by atoms with Crippen LogP contribution in [0.25, 0.3) is 11.0 Å². The fourth-order valence-corrected chi connectivity index (χ4v) is 3.24. The van der Waals surface area contributed by atoms with Gasteiger partial charge in [-0.15, -0.1) is 0 Å². The summed E-state index contributed by atoms with van der Waals surface area (Å²) in [5, 5.41) is 8.76. The number of hydrogen-bond acceptors (Lipinski definition) is 6. The van der Waals surface area contributed by atoms with Gasteiger partial charge in [-0.1, -0.05) is 30.3 Å². The molecule has 0 bridgehead atoms. The van der Waals surface area contributed by atoms with Gasteiger partial charge >= 0.3 is 0 Å². The maximum Gasteiger partial charge on any atom is 0.163 e. The van der Waals surface area contributed by atoms with E-state index in [4.69, 9.17) is 9.47 Å². The molecule has 4 aromatic rings. The van der Waals surface area contributed by atoms with E-state index in [1.54, 1.807) is 20.4 Å². The molecular formula is C22H23N5O2. The Kier molecular flexibility index (Phi) is 5.29. The van der Waals surface area contributed by atoms with Crippen LogP contribution in [0.3, 0.4) is 0 Å². The standard InChI is InChI=1S/C22H23N5O2/c1-15-24-21(26-19-13-17(28-2)9-10-20(19)29-3)18-14-23-27(22(18)25-15)12-11-16-7-5-4-6-8-16/h4-10,13-14H,11-12H2,1-3H3,(H,24,25,26). The van der Waals surface area contributed by atoms with Crippen LogP contribution in [0.5, 0.6) is 11.5 Å². The minimum Gasteiger partial charge on any atom is -0.497 e. The van der Waals surface area contributed by atoms with Gasteiger partial charge in [-0.05, 0) is 31.0 Å². The number of methoxy groups -OCH3 is 2. The summed E-state index contributed by atoms with van der Waals surface area (Å²) in [6, 6.07) is 15.9. The Morgan fingerprint density at radius 3 is 2.59 bits per heavy atom. The summed E-state index contributed by atoms with van der Waals surface area (Å²) >= 11 is 0. The largest absolute Gasteiger partial charge is 0.497 e. The highest BCUT2D eigenvalue weighted by Crippen LogP contribution is 2.33. The van der Waals surface area contributed by atoms with Crippen molar-refractivity contribution in [1.82, 2.24) is 19.7 Å². The molecule has 7 heteroatoms. The predicted octanol–water partition coefficient (Wildman–Crippen LogP) is 4.14. The van der Waals surface area contributed by atoms with Crippen molar-refractivity contribution in [3.8, 4) is 11.5 Å². The van der Waals surface area contributed by atoms with Crippen LogP contribution in [0.1, 0.15) is 11.4 Å². The lowest BCUT2D eigenvalue weighted by Gasteiger charge is -2.13. The maximum absolute atomic E-state index is 5.47. The van der Waals surface area contributed by atoms with Crippen molar-refractivity contribution in [3.63, 3.8) is 0 Å². The number of nitrogens with one attached hydrogen (secondary N) is 1. The molecule has 7 nitrogen and oxygen atoms in total. The summed E-state index contributed by atoms with van der Waals surface area (Å²) in [5.74, 6) is 2.79. The molecule has 4 rings (SSSR count). The second-order valence-electron chi connectivity index (χ2n) is 6.65. The first-order valence-corrected chi connectivity index (χ1v) is 9.41. The van der Waals surface area contributed by atoms with Crippen LogP contribution >= 0.6 is 0 Å². The Hall–Kier alpha value is -3.61. The van der Waals surface area contributed by atoms with Gasteiger partial charge in [0.15, 0.2) is 5.65 Å². The van der Waals surface area contributed by atoms with Crippen molar-refractivity contribution in [2.45, 2.75) is 19.9 Å². The van der Waals surface area contributed by atoms with Crippen LogP contribution in [0.2, 0.25) is 0 Å². The van der Waals surface area contributed by atoms with Crippen LogP contribution in [-0.2, 0) is 13.0 Å². The monoisotopic (exact) mass is 389 g/mol. The van der Waals surface area contributed by atoms with Crippen LogP contribution < -0.4 is 14.8 Å². The maximum atomic E-state index is 5.47. The van der Waals surface area contributed by atoms with Gasteiger partial charge in [0, 0.05) is 12.6 Å². The number of aromatic nitrogens is 4. The molecule has 0 aliphatic rings. The molecule has 1 N–H and O–H groups in total. The molecule has 0 saturated heterocycles. The van der Waals surface area contributed by atoms with Gasteiger partial charge in [-0.25, -0.2) is 14.6 Å². The van der Waals surface area contributed by atoms with E-state index in [-0.39, 0.29) is 0 Å². The Morgan fingerprint density at radius 1 is 1.00 bits per heavy atom. The highest BCUT2D eigenvalue weighted by Gasteiger charge is 2.14. The average molecular weight is 389 g/mol. The first-order valence-electron chi connectivity index (χ1n) is 9.41. The second-order valence-corrected chi connectivity index (χ2v) is 6.65. The number of rotatable bonds is 7. The summed E-state index contributed by atoms with van der Waals surface area (Å²) in [5.41, 5.74) is 2.84. The molecule has 0 spiro atoms. The lowest BCUT2D eigenvalue weighted by molar-refractivity contribution is 0.405. The number of fused-ring (bicyclic) bond motifs is 1. The normalized spacial score (nSPS) is 10.9.